The average molecular weight is 303 g/mol. The molecule has 0 aliphatic carbocycles. The van der Waals surface area contributed by atoms with Crippen LogP contribution in [-0.4, -0.2) is 0 Å². The number of aryl methyl sites for hydroxylation is 1. The van der Waals surface area contributed by atoms with Gasteiger partial charge in [-0.2, -0.15) is 5.26 Å². The molecule has 21 heavy (non-hydrogen) atoms. The first-order valence-corrected chi connectivity index (χ1v) is 6.39. The summed E-state index contributed by atoms with van der Waals surface area (Å²) in [4.78, 5) is 2.76. The van der Waals surface area contributed by atoms with Crippen LogP contribution in [0.1, 0.15) is 22.3 Å². The molecule has 0 amide bonds. The molecule has 0 spiro atoms. The predicted octanol–water partition coefficient (Wildman–Crippen LogP) is 4.94. The third-order valence-electron chi connectivity index (χ3n) is 3.12. The van der Waals surface area contributed by atoms with Crippen molar-refractivity contribution < 1.29 is 8.78 Å². The van der Waals surface area contributed by atoms with Gasteiger partial charge in [0.15, 0.2) is 11.6 Å². The third kappa shape index (κ3) is 2.72. The van der Waals surface area contributed by atoms with Crippen LogP contribution in [0.5, 0.6) is 0 Å². The predicted molar refractivity (Wildman–Crippen MR) is 76.3 cm³/mol. The van der Waals surface area contributed by atoms with E-state index >= 15 is 0 Å². The van der Waals surface area contributed by atoms with E-state index in [9.17, 15) is 8.78 Å². The molecule has 0 radical (unpaired) electrons. The Balaban J connectivity index is 2.61. The molecule has 5 heteroatoms. The standard InChI is InChI=1S/C16H9ClF2N2/c1-9-3-5-10(6-4-9)7-11-12(8-20)14(18)16(21-2)15(19)13(11)17/h3-6H,7H2,1H3. The molecule has 0 saturated carbocycles. The van der Waals surface area contributed by atoms with E-state index in [1.165, 1.54) is 0 Å². The van der Waals surface area contributed by atoms with Crippen molar-refractivity contribution in [1.29, 1.82) is 5.26 Å². The molecule has 0 atom stereocenters. The Morgan fingerprint density at radius 3 is 2.38 bits per heavy atom. The second-order valence-corrected chi connectivity index (χ2v) is 4.91. The second-order valence-electron chi connectivity index (χ2n) is 4.53. The number of nitrogens with zero attached hydrogens (tertiary/aromatic N) is 2. The summed E-state index contributed by atoms with van der Waals surface area (Å²) in [5.41, 5.74) is 0.655. The van der Waals surface area contributed by atoms with Crippen LogP contribution in [0.15, 0.2) is 24.3 Å². The summed E-state index contributed by atoms with van der Waals surface area (Å²) in [6.07, 6.45) is 0.119. The van der Waals surface area contributed by atoms with Gasteiger partial charge in [0, 0.05) is 6.42 Å². The monoisotopic (exact) mass is 302 g/mol. The van der Waals surface area contributed by atoms with Crippen LogP contribution in [-0.2, 0) is 6.42 Å². The van der Waals surface area contributed by atoms with E-state index in [1.807, 2.05) is 19.1 Å². The molecule has 2 aromatic carbocycles. The lowest BCUT2D eigenvalue weighted by molar-refractivity contribution is 0.588. The van der Waals surface area contributed by atoms with Gasteiger partial charge in [-0.05, 0) is 18.1 Å². The second kappa shape index (κ2) is 5.91. The maximum absolute atomic E-state index is 14.0. The largest absolute Gasteiger partial charge is 0.259 e. The maximum Gasteiger partial charge on any atom is 0.259 e. The van der Waals surface area contributed by atoms with E-state index in [2.05, 4.69) is 4.85 Å². The van der Waals surface area contributed by atoms with E-state index in [1.54, 1.807) is 18.2 Å². The van der Waals surface area contributed by atoms with Crippen molar-refractivity contribution in [2.45, 2.75) is 13.3 Å². The number of halogens is 3. The van der Waals surface area contributed by atoms with Gasteiger partial charge in [-0.15, -0.1) is 0 Å². The molecule has 104 valence electrons. The van der Waals surface area contributed by atoms with Gasteiger partial charge in [0.2, 0.25) is 0 Å². The van der Waals surface area contributed by atoms with Crippen LogP contribution in [0.3, 0.4) is 0 Å². The Morgan fingerprint density at radius 2 is 1.86 bits per heavy atom. The summed E-state index contributed by atoms with van der Waals surface area (Å²) < 4.78 is 27.9. The minimum Gasteiger partial charge on any atom is -0.232 e. The molecule has 2 nitrogen and oxygen atoms in total. The van der Waals surface area contributed by atoms with Crippen LogP contribution >= 0.6 is 11.6 Å². The maximum atomic E-state index is 14.0. The summed E-state index contributed by atoms with van der Waals surface area (Å²) in [7, 11) is 0. The van der Waals surface area contributed by atoms with E-state index in [0.29, 0.717) is 0 Å². The summed E-state index contributed by atoms with van der Waals surface area (Å²) in [6.45, 7) is 8.70. The molecule has 0 unspecified atom stereocenters. The molecular formula is C16H9ClF2N2. The van der Waals surface area contributed by atoms with Gasteiger partial charge in [-0.3, -0.25) is 0 Å². The molecule has 2 rings (SSSR count). The summed E-state index contributed by atoms with van der Waals surface area (Å²) in [5.74, 6) is -2.28. The highest BCUT2D eigenvalue weighted by Gasteiger charge is 2.23. The topological polar surface area (TPSA) is 28.1 Å². The van der Waals surface area contributed by atoms with Crippen molar-refractivity contribution in [3.05, 3.63) is 74.6 Å². The zero-order chi connectivity index (χ0) is 15.6. The van der Waals surface area contributed by atoms with Crippen molar-refractivity contribution in [3.63, 3.8) is 0 Å². The van der Waals surface area contributed by atoms with Gasteiger partial charge in [-0.25, -0.2) is 13.6 Å². The molecule has 2 aromatic rings. The first-order valence-electron chi connectivity index (χ1n) is 6.02. The van der Waals surface area contributed by atoms with Crippen LogP contribution < -0.4 is 0 Å². The molecule has 0 aliphatic heterocycles. The van der Waals surface area contributed by atoms with Gasteiger partial charge in [-0.1, -0.05) is 41.4 Å². The highest BCUT2D eigenvalue weighted by atomic mass is 35.5. The summed E-state index contributed by atoms with van der Waals surface area (Å²) in [5, 5.41) is 8.71. The number of hydrogen-bond acceptors (Lipinski definition) is 1. The van der Waals surface area contributed by atoms with Gasteiger partial charge in [0.25, 0.3) is 5.69 Å². The molecule has 0 fully saturated rings. The van der Waals surface area contributed by atoms with Gasteiger partial charge in [0.1, 0.15) is 6.07 Å². The summed E-state index contributed by atoms with van der Waals surface area (Å²) in [6, 6.07) is 8.98. The lowest BCUT2D eigenvalue weighted by atomic mass is 9.98. The minimum atomic E-state index is -1.16. The van der Waals surface area contributed by atoms with Gasteiger partial charge >= 0.3 is 0 Å². The lowest BCUT2D eigenvalue weighted by Crippen LogP contribution is -2.01. The normalized spacial score (nSPS) is 10.0. The third-order valence-corrected chi connectivity index (χ3v) is 3.51. The van der Waals surface area contributed by atoms with Gasteiger partial charge in [0.05, 0.1) is 17.2 Å². The van der Waals surface area contributed by atoms with Crippen LogP contribution in [0.4, 0.5) is 14.5 Å². The molecule has 0 aromatic heterocycles. The quantitative estimate of drug-likeness (QED) is 0.570. The Hall–Kier alpha value is -2.43. The Morgan fingerprint density at radius 1 is 1.24 bits per heavy atom. The highest BCUT2D eigenvalue weighted by Crippen LogP contribution is 2.36. The van der Waals surface area contributed by atoms with E-state index in [-0.39, 0.29) is 22.6 Å². The van der Waals surface area contributed by atoms with Crippen LogP contribution in [0.25, 0.3) is 4.85 Å². The highest BCUT2D eigenvalue weighted by molar-refractivity contribution is 6.32. The van der Waals surface area contributed by atoms with E-state index in [0.717, 1.165) is 11.1 Å². The smallest absolute Gasteiger partial charge is 0.232 e. The van der Waals surface area contributed by atoms with Crippen LogP contribution in [0, 0.1) is 36.5 Å². The van der Waals surface area contributed by atoms with E-state index < -0.39 is 17.3 Å². The summed E-state index contributed by atoms with van der Waals surface area (Å²) >= 11 is 5.88. The molecule has 0 saturated heterocycles. The number of rotatable bonds is 2. The zero-order valence-corrected chi connectivity index (χ0v) is 11.8. The average Bonchev–Trinajstić information content (AvgIpc) is 2.47. The number of hydrogen-bond donors (Lipinski definition) is 0. The Bertz CT molecular complexity index is 784. The Labute approximate surface area is 126 Å². The van der Waals surface area contributed by atoms with Crippen molar-refractivity contribution in [1.82, 2.24) is 0 Å². The fourth-order valence-corrected chi connectivity index (χ4v) is 2.23. The van der Waals surface area contributed by atoms with Crippen LogP contribution in [0.2, 0.25) is 5.02 Å². The van der Waals surface area contributed by atoms with Crippen molar-refractivity contribution >= 4 is 17.3 Å². The Kier molecular flexibility index (Phi) is 4.21. The zero-order valence-electron chi connectivity index (χ0n) is 11.0. The lowest BCUT2D eigenvalue weighted by Gasteiger charge is -2.11. The fraction of sp³-hybridized carbons (Fsp3) is 0.125. The molecular weight excluding hydrogens is 294 g/mol. The first kappa shape index (κ1) is 15.0. The molecule has 0 heterocycles. The molecule has 0 N–H and O–H groups in total. The van der Waals surface area contributed by atoms with Crippen molar-refractivity contribution in [3.8, 4) is 6.07 Å². The van der Waals surface area contributed by atoms with Gasteiger partial charge < -0.3 is 0 Å². The first-order chi connectivity index (χ1) is 9.99. The van der Waals surface area contributed by atoms with Crippen molar-refractivity contribution in [2.75, 3.05) is 0 Å². The molecule has 0 bridgehead atoms. The van der Waals surface area contributed by atoms with Crippen molar-refractivity contribution in [2.24, 2.45) is 0 Å². The van der Waals surface area contributed by atoms with E-state index in [4.69, 9.17) is 23.4 Å². The number of nitriles is 1. The number of benzene rings is 2. The minimum absolute atomic E-state index is 0.0606. The SMILES string of the molecule is [C-]#[N+]c1c(F)c(Cl)c(Cc2ccc(C)cc2)c(C#N)c1F. The molecule has 0 aliphatic rings. The fourth-order valence-electron chi connectivity index (χ4n) is 1.98.